The maximum absolute atomic E-state index is 4.66. The average Bonchev–Trinajstić information content (AvgIpc) is 3.28. The van der Waals surface area contributed by atoms with Crippen LogP contribution in [0.1, 0.15) is 5.56 Å². The number of aromatic nitrogens is 4. The molecule has 2 aromatic heterocycles. The smallest absolute Gasteiger partial charge is 0.254 e. The average molecular weight is 313 g/mol. The molecule has 116 valence electrons. The maximum Gasteiger partial charge on any atom is 0.254 e. The third-order valence-corrected chi connectivity index (χ3v) is 4.47. The van der Waals surface area contributed by atoms with E-state index >= 15 is 0 Å². The Morgan fingerprint density at radius 1 is 0.917 bits per heavy atom. The molecule has 0 saturated heterocycles. The van der Waals surface area contributed by atoms with E-state index in [0.717, 1.165) is 30.0 Å². The third kappa shape index (κ3) is 1.98. The van der Waals surface area contributed by atoms with Gasteiger partial charge in [0.25, 0.3) is 5.78 Å². The molecule has 5 heteroatoms. The van der Waals surface area contributed by atoms with Crippen molar-refractivity contribution in [2.24, 2.45) is 0 Å². The van der Waals surface area contributed by atoms with E-state index in [9.17, 15) is 0 Å². The molecule has 0 aliphatic carbocycles. The number of nitrogens with zero attached hydrogens (tertiary/aromatic N) is 5. The molecule has 0 unspecified atom stereocenters. The van der Waals surface area contributed by atoms with Gasteiger partial charge in [-0.2, -0.15) is 14.6 Å². The summed E-state index contributed by atoms with van der Waals surface area (Å²) < 4.78 is 1.81. The molecule has 0 radical (unpaired) electrons. The van der Waals surface area contributed by atoms with Crippen LogP contribution < -0.4 is 4.90 Å². The van der Waals surface area contributed by atoms with Crippen LogP contribution in [-0.2, 0) is 6.42 Å². The minimum Gasteiger partial charge on any atom is -0.326 e. The Kier molecular flexibility index (Phi) is 2.85. The van der Waals surface area contributed by atoms with Gasteiger partial charge in [0, 0.05) is 23.9 Å². The largest absolute Gasteiger partial charge is 0.326 e. The van der Waals surface area contributed by atoms with Gasteiger partial charge in [0.2, 0.25) is 0 Å². The van der Waals surface area contributed by atoms with Crippen molar-refractivity contribution in [1.82, 2.24) is 19.6 Å². The van der Waals surface area contributed by atoms with E-state index in [1.165, 1.54) is 11.3 Å². The minimum absolute atomic E-state index is 0.621. The van der Waals surface area contributed by atoms with Gasteiger partial charge < -0.3 is 4.90 Å². The molecule has 4 aromatic rings. The number of benzene rings is 2. The van der Waals surface area contributed by atoms with Crippen LogP contribution in [0.2, 0.25) is 0 Å². The van der Waals surface area contributed by atoms with E-state index < -0.39 is 0 Å². The Morgan fingerprint density at radius 2 is 1.75 bits per heavy atom. The molecule has 0 saturated carbocycles. The lowest BCUT2D eigenvalue weighted by Crippen LogP contribution is -2.17. The van der Waals surface area contributed by atoms with Crippen molar-refractivity contribution in [3.05, 3.63) is 72.6 Å². The summed E-state index contributed by atoms with van der Waals surface area (Å²) in [6.07, 6.45) is 2.60. The number of anilines is 2. The summed E-state index contributed by atoms with van der Waals surface area (Å²) in [6.45, 7) is 0.937. The van der Waals surface area contributed by atoms with Crippen molar-refractivity contribution in [3.8, 4) is 11.3 Å². The SMILES string of the molecule is c1ccc(-c2cc(N3CCc4ccccc43)n3ncnc3n2)cc1. The predicted octanol–water partition coefficient (Wildman–Crippen LogP) is 3.49. The molecule has 0 amide bonds. The fourth-order valence-electron chi connectivity index (χ4n) is 3.32. The normalized spacial score (nSPS) is 13.4. The zero-order chi connectivity index (χ0) is 15.9. The zero-order valence-corrected chi connectivity index (χ0v) is 13.0. The summed E-state index contributed by atoms with van der Waals surface area (Å²) in [5.74, 6) is 1.62. The molecule has 2 aromatic carbocycles. The van der Waals surface area contributed by atoms with Gasteiger partial charge in [-0.1, -0.05) is 48.5 Å². The fraction of sp³-hybridized carbons (Fsp3) is 0.105. The van der Waals surface area contributed by atoms with Crippen molar-refractivity contribution >= 4 is 17.3 Å². The Morgan fingerprint density at radius 3 is 2.67 bits per heavy atom. The molecule has 1 aliphatic heterocycles. The van der Waals surface area contributed by atoms with Gasteiger partial charge >= 0.3 is 0 Å². The molecule has 1 aliphatic rings. The Balaban J connectivity index is 1.73. The van der Waals surface area contributed by atoms with Crippen LogP contribution in [0.15, 0.2) is 67.0 Å². The quantitative estimate of drug-likeness (QED) is 0.568. The Hall–Kier alpha value is -3.21. The first kappa shape index (κ1) is 13.2. The molecule has 0 fully saturated rings. The lowest BCUT2D eigenvalue weighted by Gasteiger charge is -2.20. The molecule has 0 spiro atoms. The Bertz CT molecular complexity index is 1020. The van der Waals surface area contributed by atoms with Gasteiger partial charge in [0.15, 0.2) is 0 Å². The van der Waals surface area contributed by atoms with Gasteiger partial charge in [-0.05, 0) is 18.1 Å². The van der Waals surface area contributed by atoms with Crippen LogP contribution in [0.4, 0.5) is 11.5 Å². The molecular weight excluding hydrogens is 298 g/mol. The van der Waals surface area contributed by atoms with E-state index in [1.807, 2.05) is 22.7 Å². The van der Waals surface area contributed by atoms with E-state index in [1.54, 1.807) is 6.33 Å². The second kappa shape index (κ2) is 5.16. The monoisotopic (exact) mass is 313 g/mol. The second-order valence-corrected chi connectivity index (χ2v) is 5.87. The van der Waals surface area contributed by atoms with E-state index in [4.69, 9.17) is 0 Å². The summed E-state index contributed by atoms with van der Waals surface area (Å²) in [6, 6.07) is 20.8. The minimum atomic E-state index is 0.621. The topological polar surface area (TPSA) is 46.3 Å². The van der Waals surface area contributed by atoms with Gasteiger partial charge in [-0.25, -0.2) is 4.98 Å². The highest BCUT2D eigenvalue weighted by atomic mass is 15.4. The predicted molar refractivity (Wildman–Crippen MR) is 93.4 cm³/mol. The standard InChI is InChI=1S/C19H15N5/c1-2-6-14(7-3-1)16-12-18(24-19(22-16)20-13-21-24)23-11-10-15-8-4-5-9-17(15)23/h1-9,12-13H,10-11H2. The van der Waals surface area contributed by atoms with Crippen LogP contribution in [-0.4, -0.2) is 26.1 Å². The van der Waals surface area contributed by atoms with Crippen molar-refractivity contribution in [1.29, 1.82) is 0 Å². The highest BCUT2D eigenvalue weighted by Gasteiger charge is 2.23. The van der Waals surface area contributed by atoms with Crippen LogP contribution in [0.3, 0.4) is 0 Å². The molecule has 24 heavy (non-hydrogen) atoms. The zero-order valence-electron chi connectivity index (χ0n) is 13.0. The first-order valence-corrected chi connectivity index (χ1v) is 8.02. The second-order valence-electron chi connectivity index (χ2n) is 5.87. The highest BCUT2D eigenvalue weighted by molar-refractivity contribution is 5.73. The summed E-state index contributed by atoms with van der Waals surface area (Å²) in [4.78, 5) is 11.3. The summed E-state index contributed by atoms with van der Waals surface area (Å²) in [5, 5.41) is 4.37. The molecule has 5 rings (SSSR count). The molecule has 0 N–H and O–H groups in total. The molecule has 5 nitrogen and oxygen atoms in total. The first-order chi connectivity index (χ1) is 11.9. The van der Waals surface area contributed by atoms with Gasteiger partial charge in [0.1, 0.15) is 12.1 Å². The highest BCUT2D eigenvalue weighted by Crippen LogP contribution is 2.35. The van der Waals surface area contributed by atoms with Crippen LogP contribution in [0.25, 0.3) is 17.0 Å². The Labute approximate surface area is 139 Å². The van der Waals surface area contributed by atoms with Crippen molar-refractivity contribution in [2.45, 2.75) is 6.42 Å². The maximum atomic E-state index is 4.66. The lowest BCUT2D eigenvalue weighted by atomic mass is 10.1. The number of para-hydroxylation sites is 1. The van der Waals surface area contributed by atoms with Crippen LogP contribution >= 0.6 is 0 Å². The first-order valence-electron chi connectivity index (χ1n) is 8.02. The fourth-order valence-corrected chi connectivity index (χ4v) is 3.32. The van der Waals surface area contributed by atoms with E-state index in [0.29, 0.717) is 5.78 Å². The summed E-state index contributed by atoms with van der Waals surface area (Å²) in [7, 11) is 0. The number of rotatable bonds is 2. The van der Waals surface area contributed by atoms with Crippen LogP contribution in [0.5, 0.6) is 0 Å². The summed E-state index contributed by atoms with van der Waals surface area (Å²) in [5.41, 5.74) is 4.59. The third-order valence-electron chi connectivity index (χ3n) is 4.47. The number of fused-ring (bicyclic) bond motifs is 2. The van der Waals surface area contributed by atoms with Gasteiger partial charge in [-0.15, -0.1) is 0 Å². The van der Waals surface area contributed by atoms with Crippen molar-refractivity contribution in [3.63, 3.8) is 0 Å². The molecule has 0 atom stereocenters. The number of hydrogen-bond donors (Lipinski definition) is 0. The molecule has 3 heterocycles. The summed E-state index contributed by atoms with van der Waals surface area (Å²) >= 11 is 0. The van der Waals surface area contributed by atoms with Crippen LogP contribution in [0, 0.1) is 0 Å². The van der Waals surface area contributed by atoms with Crippen molar-refractivity contribution in [2.75, 3.05) is 11.4 Å². The van der Waals surface area contributed by atoms with E-state index in [2.05, 4.69) is 62.4 Å². The lowest BCUT2D eigenvalue weighted by molar-refractivity contribution is 0.880. The van der Waals surface area contributed by atoms with Crippen molar-refractivity contribution < 1.29 is 0 Å². The van der Waals surface area contributed by atoms with Gasteiger partial charge in [0.05, 0.1) is 5.69 Å². The van der Waals surface area contributed by atoms with Gasteiger partial charge in [-0.3, -0.25) is 0 Å². The number of hydrogen-bond acceptors (Lipinski definition) is 4. The van der Waals surface area contributed by atoms with E-state index in [-0.39, 0.29) is 0 Å². The molecular formula is C19H15N5. The molecule has 0 bridgehead atoms.